The first kappa shape index (κ1) is 11.0. The Bertz CT molecular complexity index is 425. The number of hydrogen-bond acceptors (Lipinski definition) is 7. The predicted molar refractivity (Wildman–Crippen MR) is 61.2 cm³/mol. The van der Waals surface area contributed by atoms with Gasteiger partial charge in [-0.05, 0) is 6.92 Å². The Labute approximate surface area is 96.9 Å². The molecule has 0 saturated heterocycles. The standard InChI is InChI=1S/C9H13N5OS/c1-6(10)8-13-14-9(15-8)11-3-2-7-4-16-5-12-7/h4-6H,2-3,10H2,1H3,(H,11,14). The summed E-state index contributed by atoms with van der Waals surface area (Å²) in [5.74, 6) is 0.441. The lowest BCUT2D eigenvalue weighted by molar-refractivity contribution is 0.473. The van der Waals surface area contributed by atoms with Crippen LogP contribution in [0, 0.1) is 0 Å². The molecular weight excluding hydrogens is 226 g/mol. The zero-order valence-corrected chi connectivity index (χ0v) is 9.70. The minimum atomic E-state index is -0.235. The van der Waals surface area contributed by atoms with E-state index in [1.165, 1.54) is 0 Å². The average molecular weight is 239 g/mol. The van der Waals surface area contributed by atoms with E-state index in [4.69, 9.17) is 10.2 Å². The van der Waals surface area contributed by atoms with E-state index in [0.717, 1.165) is 12.1 Å². The molecule has 2 aromatic heterocycles. The second-order valence-electron chi connectivity index (χ2n) is 3.39. The van der Waals surface area contributed by atoms with Crippen molar-refractivity contribution >= 4 is 17.4 Å². The highest BCUT2D eigenvalue weighted by molar-refractivity contribution is 7.07. The largest absolute Gasteiger partial charge is 0.406 e. The molecule has 3 N–H and O–H groups in total. The summed E-state index contributed by atoms with van der Waals surface area (Å²) >= 11 is 1.59. The minimum Gasteiger partial charge on any atom is -0.406 e. The molecular formula is C9H13N5OS. The van der Waals surface area contributed by atoms with Gasteiger partial charge in [0, 0.05) is 18.3 Å². The van der Waals surface area contributed by atoms with Gasteiger partial charge in [-0.1, -0.05) is 5.10 Å². The average Bonchev–Trinajstić information content (AvgIpc) is 2.87. The number of thiazole rings is 1. The first-order chi connectivity index (χ1) is 7.75. The highest BCUT2D eigenvalue weighted by Gasteiger charge is 2.08. The summed E-state index contributed by atoms with van der Waals surface area (Å²) in [6, 6.07) is 0.170. The van der Waals surface area contributed by atoms with Crippen LogP contribution in [0.25, 0.3) is 0 Å². The molecule has 0 fully saturated rings. The third-order valence-corrected chi connectivity index (χ3v) is 2.61. The van der Waals surface area contributed by atoms with Crippen molar-refractivity contribution < 1.29 is 4.42 Å². The number of rotatable bonds is 5. The van der Waals surface area contributed by atoms with Gasteiger partial charge in [0.25, 0.3) is 0 Å². The second-order valence-corrected chi connectivity index (χ2v) is 4.11. The van der Waals surface area contributed by atoms with Crippen LogP contribution in [0.3, 0.4) is 0 Å². The highest BCUT2D eigenvalue weighted by atomic mass is 32.1. The topological polar surface area (TPSA) is 89.9 Å². The molecule has 0 saturated carbocycles. The summed E-state index contributed by atoms with van der Waals surface area (Å²) < 4.78 is 5.29. The molecule has 0 aromatic carbocycles. The van der Waals surface area contributed by atoms with Crippen molar-refractivity contribution in [2.45, 2.75) is 19.4 Å². The van der Waals surface area contributed by atoms with Crippen LogP contribution in [-0.4, -0.2) is 21.7 Å². The van der Waals surface area contributed by atoms with Crippen molar-refractivity contribution in [3.63, 3.8) is 0 Å². The van der Waals surface area contributed by atoms with E-state index < -0.39 is 0 Å². The van der Waals surface area contributed by atoms with Crippen molar-refractivity contribution in [3.05, 3.63) is 22.5 Å². The van der Waals surface area contributed by atoms with E-state index in [2.05, 4.69) is 20.5 Å². The molecule has 16 heavy (non-hydrogen) atoms. The summed E-state index contributed by atoms with van der Waals surface area (Å²) in [6.45, 7) is 2.51. The minimum absolute atomic E-state index is 0.235. The fourth-order valence-corrected chi connectivity index (χ4v) is 1.74. The van der Waals surface area contributed by atoms with Crippen molar-refractivity contribution in [1.82, 2.24) is 15.2 Å². The van der Waals surface area contributed by atoms with Crippen LogP contribution in [-0.2, 0) is 6.42 Å². The molecule has 0 aliphatic carbocycles. The lowest BCUT2D eigenvalue weighted by atomic mass is 10.3. The van der Waals surface area contributed by atoms with Gasteiger partial charge in [-0.2, -0.15) is 0 Å². The highest BCUT2D eigenvalue weighted by Crippen LogP contribution is 2.11. The summed E-state index contributed by atoms with van der Waals surface area (Å²) in [5.41, 5.74) is 8.48. The van der Waals surface area contributed by atoms with Crippen molar-refractivity contribution in [2.24, 2.45) is 5.73 Å². The van der Waals surface area contributed by atoms with Crippen LogP contribution in [0.15, 0.2) is 15.3 Å². The van der Waals surface area contributed by atoms with E-state index in [-0.39, 0.29) is 6.04 Å². The van der Waals surface area contributed by atoms with Gasteiger partial charge < -0.3 is 15.5 Å². The maximum Gasteiger partial charge on any atom is 0.315 e. The van der Waals surface area contributed by atoms with E-state index in [9.17, 15) is 0 Å². The lowest BCUT2D eigenvalue weighted by Gasteiger charge is -1.99. The molecule has 0 bridgehead atoms. The van der Waals surface area contributed by atoms with Gasteiger partial charge in [-0.25, -0.2) is 4.98 Å². The Hall–Kier alpha value is -1.47. The van der Waals surface area contributed by atoms with Crippen LogP contribution in [0.4, 0.5) is 6.01 Å². The SMILES string of the molecule is CC(N)c1nnc(NCCc2cscn2)o1. The lowest BCUT2D eigenvalue weighted by Crippen LogP contribution is -2.05. The second kappa shape index (κ2) is 5.04. The first-order valence-electron chi connectivity index (χ1n) is 4.95. The molecule has 0 radical (unpaired) electrons. The molecule has 0 amide bonds. The van der Waals surface area contributed by atoms with Gasteiger partial charge in [0.15, 0.2) is 0 Å². The van der Waals surface area contributed by atoms with Gasteiger partial charge in [0.2, 0.25) is 5.89 Å². The third-order valence-electron chi connectivity index (χ3n) is 1.97. The summed E-state index contributed by atoms with van der Waals surface area (Å²) in [6.07, 6.45) is 0.833. The summed E-state index contributed by atoms with van der Waals surface area (Å²) in [5, 5.41) is 12.7. The fraction of sp³-hybridized carbons (Fsp3) is 0.444. The van der Waals surface area contributed by atoms with Crippen LogP contribution in [0.5, 0.6) is 0 Å². The van der Waals surface area contributed by atoms with Gasteiger partial charge in [-0.3, -0.25) is 0 Å². The Morgan fingerprint density at radius 1 is 1.56 bits per heavy atom. The van der Waals surface area contributed by atoms with E-state index >= 15 is 0 Å². The Morgan fingerprint density at radius 3 is 3.06 bits per heavy atom. The molecule has 86 valence electrons. The molecule has 7 heteroatoms. The Balaban J connectivity index is 1.81. The normalized spacial score (nSPS) is 12.6. The third kappa shape index (κ3) is 2.77. The molecule has 0 spiro atoms. The number of hydrogen-bond donors (Lipinski definition) is 2. The molecule has 0 aliphatic rings. The van der Waals surface area contributed by atoms with E-state index in [1.54, 1.807) is 18.3 Å². The quantitative estimate of drug-likeness (QED) is 0.814. The van der Waals surface area contributed by atoms with Crippen molar-refractivity contribution in [3.8, 4) is 0 Å². The molecule has 2 rings (SSSR count). The van der Waals surface area contributed by atoms with Gasteiger partial charge in [-0.15, -0.1) is 16.4 Å². The molecule has 1 unspecified atom stereocenters. The fourth-order valence-electron chi connectivity index (χ4n) is 1.15. The molecule has 6 nitrogen and oxygen atoms in total. The van der Waals surface area contributed by atoms with Gasteiger partial charge in [0.05, 0.1) is 17.2 Å². The number of nitrogens with two attached hydrogens (primary N) is 1. The monoisotopic (exact) mass is 239 g/mol. The first-order valence-corrected chi connectivity index (χ1v) is 5.90. The summed E-state index contributed by atoms with van der Waals surface area (Å²) in [7, 11) is 0. The van der Waals surface area contributed by atoms with Crippen molar-refractivity contribution in [2.75, 3.05) is 11.9 Å². The van der Waals surface area contributed by atoms with Crippen LogP contribution in [0.1, 0.15) is 24.6 Å². The maximum absolute atomic E-state index is 5.60. The number of nitrogens with zero attached hydrogens (tertiary/aromatic N) is 3. The predicted octanol–water partition coefficient (Wildman–Crippen LogP) is 1.20. The van der Waals surface area contributed by atoms with Gasteiger partial charge in [0.1, 0.15) is 0 Å². The van der Waals surface area contributed by atoms with Crippen LogP contribution in [0.2, 0.25) is 0 Å². The Morgan fingerprint density at radius 2 is 2.44 bits per heavy atom. The molecule has 2 heterocycles. The number of anilines is 1. The number of aromatic nitrogens is 3. The van der Waals surface area contributed by atoms with E-state index in [0.29, 0.717) is 18.5 Å². The maximum atomic E-state index is 5.60. The molecule has 1 atom stereocenters. The van der Waals surface area contributed by atoms with Gasteiger partial charge >= 0.3 is 6.01 Å². The molecule has 0 aliphatic heterocycles. The van der Waals surface area contributed by atoms with Crippen molar-refractivity contribution in [1.29, 1.82) is 0 Å². The number of nitrogens with one attached hydrogen (secondary N) is 1. The zero-order chi connectivity index (χ0) is 11.4. The van der Waals surface area contributed by atoms with E-state index in [1.807, 2.05) is 10.9 Å². The summed E-state index contributed by atoms with van der Waals surface area (Å²) in [4.78, 5) is 4.17. The van der Waals surface area contributed by atoms with Crippen LogP contribution < -0.4 is 11.1 Å². The van der Waals surface area contributed by atoms with Crippen LogP contribution >= 0.6 is 11.3 Å². The molecule has 2 aromatic rings. The smallest absolute Gasteiger partial charge is 0.315 e. The Kier molecular flexibility index (Phi) is 3.47. The zero-order valence-electron chi connectivity index (χ0n) is 8.88.